The van der Waals surface area contributed by atoms with Crippen molar-refractivity contribution in [2.75, 3.05) is 0 Å². The minimum atomic E-state index is -0.336. The van der Waals surface area contributed by atoms with E-state index in [2.05, 4.69) is 5.32 Å². The van der Waals surface area contributed by atoms with E-state index < -0.39 is 0 Å². The number of fused-ring (bicyclic) bond motifs is 1. The molecule has 3 rings (SSSR count). The van der Waals surface area contributed by atoms with Gasteiger partial charge in [0.2, 0.25) is 0 Å². The summed E-state index contributed by atoms with van der Waals surface area (Å²) in [4.78, 5) is 12.7. The lowest BCUT2D eigenvalue weighted by atomic mass is 10.1. The topological polar surface area (TPSA) is 29.1 Å². The van der Waals surface area contributed by atoms with E-state index in [1.165, 1.54) is 29.0 Å². The summed E-state index contributed by atoms with van der Waals surface area (Å²) in [7, 11) is 0. The van der Waals surface area contributed by atoms with Gasteiger partial charge in [-0.15, -0.1) is 11.3 Å². The Hall–Kier alpha value is -1.91. The molecule has 0 saturated carbocycles. The van der Waals surface area contributed by atoms with Crippen molar-refractivity contribution >= 4 is 38.9 Å². The molecule has 0 bridgehead atoms. The summed E-state index contributed by atoms with van der Waals surface area (Å²) in [6.07, 6.45) is 0. The largest absolute Gasteiger partial charge is 0.347 e. The Balaban J connectivity index is 1.80. The minimum Gasteiger partial charge on any atom is -0.347 e. The Morgan fingerprint density at radius 2 is 1.95 bits per heavy atom. The van der Waals surface area contributed by atoms with E-state index in [1.54, 1.807) is 6.07 Å². The second-order valence-electron chi connectivity index (χ2n) is 5.05. The van der Waals surface area contributed by atoms with Crippen molar-refractivity contribution in [2.45, 2.75) is 13.5 Å². The van der Waals surface area contributed by atoms with Crippen molar-refractivity contribution in [3.05, 3.63) is 69.3 Å². The maximum Gasteiger partial charge on any atom is 0.263 e. The maximum absolute atomic E-state index is 13.2. The summed E-state index contributed by atoms with van der Waals surface area (Å²) < 4.78 is 13.9. The molecule has 112 valence electrons. The van der Waals surface area contributed by atoms with Gasteiger partial charge in [0.1, 0.15) is 10.7 Å². The number of halogens is 2. The third-order valence-corrected chi connectivity index (χ3v) is 5.03. The molecule has 0 aliphatic heterocycles. The molecular weight excluding hydrogens is 321 g/mol. The fourth-order valence-corrected chi connectivity index (χ4v) is 3.61. The number of benzene rings is 2. The molecule has 0 aliphatic carbocycles. The van der Waals surface area contributed by atoms with Crippen LogP contribution < -0.4 is 5.32 Å². The molecule has 0 radical (unpaired) electrons. The molecule has 0 atom stereocenters. The van der Waals surface area contributed by atoms with Crippen LogP contribution in [-0.2, 0) is 6.54 Å². The van der Waals surface area contributed by atoms with Gasteiger partial charge in [-0.2, -0.15) is 0 Å². The number of hydrogen-bond donors (Lipinski definition) is 1. The van der Waals surface area contributed by atoms with Gasteiger partial charge in [0.05, 0.1) is 5.02 Å². The van der Waals surface area contributed by atoms with Gasteiger partial charge in [0, 0.05) is 16.6 Å². The van der Waals surface area contributed by atoms with Gasteiger partial charge in [0.15, 0.2) is 0 Å². The van der Waals surface area contributed by atoms with Crippen molar-refractivity contribution in [2.24, 2.45) is 0 Å². The Bertz CT molecular complexity index is 842. The third kappa shape index (κ3) is 2.98. The Labute approximate surface area is 136 Å². The molecule has 0 spiro atoms. The van der Waals surface area contributed by atoms with Crippen molar-refractivity contribution in [1.29, 1.82) is 0 Å². The first-order chi connectivity index (χ1) is 10.5. The Morgan fingerprint density at radius 3 is 2.68 bits per heavy atom. The fourth-order valence-electron chi connectivity index (χ4n) is 2.15. The standard InChI is InChI=1S/C17H13ClFNOS/c1-10-2-4-11(5-3-10)9-20-17(21)16-15(18)13-7-6-12(19)8-14(13)22-16/h2-8H,9H2,1H3,(H,20,21). The number of hydrogen-bond acceptors (Lipinski definition) is 2. The van der Waals surface area contributed by atoms with Crippen LogP contribution in [0.2, 0.25) is 5.02 Å². The molecule has 0 unspecified atom stereocenters. The second-order valence-corrected chi connectivity index (χ2v) is 6.48. The van der Waals surface area contributed by atoms with Crippen LogP contribution in [-0.4, -0.2) is 5.91 Å². The number of thiophene rings is 1. The summed E-state index contributed by atoms with van der Waals surface area (Å²) in [6.45, 7) is 2.44. The number of nitrogens with one attached hydrogen (secondary N) is 1. The van der Waals surface area contributed by atoms with E-state index in [0.717, 1.165) is 5.56 Å². The number of carbonyl (C=O) groups is 1. The molecular formula is C17H13ClFNOS. The molecule has 0 aliphatic rings. The zero-order valence-corrected chi connectivity index (χ0v) is 13.4. The van der Waals surface area contributed by atoms with Gasteiger partial charge < -0.3 is 5.32 Å². The van der Waals surface area contributed by atoms with E-state index in [9.17, 15) is 9.18 Å². The van der Waals surface area contributed by atoms with Gasteiger partial charge in [-0.05, 0) is 30.7 Å². The lowest BCUT2D eigenvalue weighted by Gasteiger charge is -2.04. The van der Waals surface area contributed by atoms with E-state index in [1.807, 2.05) is 31.2 Å². The maximum atomic E-state index is 13.2. The van der Waals surface area contributed by atoms with Gasteiger partial charge >= 0.3 is 0 Å². The van der Waals surface area contributed by atoms with Crippen LogP contribution in [0.4, 0.5) is 4.39 Å². The summed E-state index contributed by atoms with van der Waals surface area (Å²) in [5, 5.41) is 3.92. The summed E-state index contributed by atoms with van der Waals surface area (Å²) in [5.74, 6) is -0.579. The van der Waals surface area contributed by atoms with Crippen molar-refractivity contribution in [3.8, 4) is 0 Å². The first-order valence-electron chi connectivity index (χ1n) is 6.76. The highest BCUT2D eigenvalue weighted by atomic mass is 35.5. The predicted molar refractivity (Wildman–Crippen MR) is 89.1 cm³/mol. The molecule has 2 aromatic carbocycles. The van der Waals surface area contributed by atoms with Crippen LogP contribution in [0.5, 0.6) is 0 Å². The van der Waals surface area contributed by atoms with Crippen LogP contribution in [0, 0.1) is 12.7 Å². The Kier molecular flexibility index (Phi) is 4.14. The zero-order chi connectivity index (χ0) is 15.7. The molecule has 0 fully saturated rings. The lowest BCUT2D eigenvalue weighted by Crippen LogP contribution is -2.22. The monoisotopic (exact) mass is 333 g/mol. The van der Waals surface area contributed by atoms with E-state index >= 15 is 0 Å². The van der Waals surface area contributed by atoms with E-state index in [-0.39, 0.29) is 11.7 Å². The molecule has 0 saturated heterocycles. The molecule has 2 nitrogen and oxygen atoms in total. The molecule has 1 amide bonds. The smallest absolute Gasteiger partial charge is 0.263 e. The molecule has 1 N–H and O–H groups in total. The predicted octanol–water partition coefficient (Wildman–Crippen LogP) is 4.93. The summed E-state index contributed by atoms with van der Waals surface area (Å²) in [6, 6.07) is 12.3. The van der Waals surface area contributed by atoms with E-state index in [4.69, 9.17) is 11.6 Å². The van der Waals surface area contributed by atoms with Crippen molar-refractivity contribution < 1.29 is 9.18 Å². The normalized spacial score (nSPS) is 10.9. The first kappa shape index (κ1) is 15.0. The van der Waals surface area contributed by atoms with Crippen LogP contribution in [0.25, 0.3) is 10.1 Å². The average Bonchev–Trinajstić information content (AvgIpc) is 2.83. The van der Waals surface area contributed by atoms with Crippen LogP contribution in [0.3, 0.4) is 0 Å². The lowest BCUT2D eigenvalue weighted by molar-refractivity contribution is 0.0955. The first-order valence-corrected chi connectivity index (χ1v) is 7.95. The van der Waals surface area contributed by atoms with Gasteiger partial charge in [-0.3, -0.25) is 4.79 Å². The summed E-state index contributed by atoms with van der Waals surface area (Å²) in [5.41, 5.74) is 2.19. The van der Waals surface area contributed by atoms with Crippen molar-refractivity contribution in [1.82, 2.24) is 5.32 Å². The quantitative estimate of drug-likeness (QED) is 0.723. The van der Waals surface area contributed by atoms with Crippen LogP contribution in [0.1, 0.15) is 20.8 Å². The Morgan fingerprint density at radius 1 is 1.23 bits per heavy atom. The van der Waals surface area contributed by atoms with Crippen molar-refractivity contribution in [3.63, 3.8) is 0 Å². The molecule has 3 aromatic rings. The van der Waals surface area contributed by atoms with Gasteiger partial charge in [-0.1, -0.05) is 41.4 Å². The number of aryl methyl sites for hydroxylation is 1. The zero-order valence-electron chi connectivity index (χ0n) is 11.8. The average molecular weight is 334 g/mol. The number of carbonyl (C=O) groups excluding carboxylic acids is 1. The second kappa shape index (κ2) is 6.07. The molecule has 1 aromatic heterocycles. The van der Waals surface area contributed by atoms with Crippen LogP contribution >= 0.6 is 22.9 Å². The van der Waals surface area contributed by atoms with Gasteiger partial charge in [-0.25, -0.2) is 4.39 Å². The number of rotatable bonds is 3. The highest BCUT2D eigenvalue weighted by Gasteiger charge is 2.17. The number of amides is 1. The molecule has 22 heavy (non-hydrogen) atoms. The summed E-state index contributed by atoms with van der Waals surface area (Å²) >= 11 is 7.43. The minimum absolute atomic E-state index is 0.243. The van der Waals surface area contributed by atoms with Gasteiger partial charge in [0.25, 0.3) is 5.91 Å². The highest BCUT2D eigenvalue weighted by molar-refractivity contribution is 7.21. The molecule has 1 heterocycles. The molecule has 5 heteroatoms. The SMILES string of the molecule is Cc1ccc(CNC(=O)c2sc3cc(F)ccc3c2Cl)cc1. The van der Waals surface area contributed by atoms with Crippen LogP contribution in [0.15, 0.2) is 42.5 Å². The van der Waals surface area contributed by atoms with E-state index in [0.29, 0.717) is 26.5 Å². The fraction of sp³-hybridized carbons (Fsp3) is 0.118. The third-order valence-electron chi connectivity index (χ3n) is 3.37. The highest BCUT2D eigenvalue weighted by Crippen LogP contribution is 2.35.